The van der Waals surface area contributed by atoms with Gasteiger partial charge in [0, 0.05) is 11.8 Å². The van der Waals surface area contributed by atoms with E-state index in [0.717, 1.165) is 11.1 Å². The molecule has 0 saturated carbocycles. The van der Waals surface area contributed by atoms with E-state index in [9.17, 15) is 19.2 Å². The lowest BCUT2D eigenvalue weighted by Crippen LogP contribution is -2.41. The van der Waals surface area contributed by atoms with Gasteiger partial charge >= 0.3 is 5.97 Å². The van der Waals surface area contributed by atoms with Gasteiger partial charge in [0.25, 0.3) is 5.91 Å². The molecule has 3 aromatic carbocycles. The van der Waals surface area contributed by atoms with E-state index in [1.807, 2.05) is 30.3 Å². The van der Waals surface area contributed by atoms with Gasteiger partial charge in [0.05, 0.1) is 30.5 Å². The van der Waals surface area contributed by atoms with Crippen molar-refractivity contribution in [1.82, 2.24) is 5.32 Å². The number of rotatable bonds is 10. The van der Waals surface area contributed by atoms with Crippen molar-refractivity contribution in [2.45, 2.75) is 19.9 Å². The molecule has 1 heterocycles. The van der Waals surface area contributed by atoms with Crippen molar-refractivity contribution in [2.24, 2.45) is 5.92 Å². The molecule has 0 saturated heterocycles. The normalized spacial score (nSPS) is 12.8. The van der Waals surface area contributed by atoms with Gasteiger partial charge in [0.1, 0.15) is 18.2 Å². The Morgan fingerprint density at radius 1 is 1.02 bits per heavy atom. The zero-order valence-corrected chi connectivity index (χ0v) is 21.9. The highest BCUT2D eigenvalue weighted by molar-refractivity contribution is 6.07. The first-order valence-corrected chi connectivity index (χ1v) is 12.7. The number of nitrogens with one attached hydrogen (secondary N) is 2. The van der Waals surface area contributed by atoms with E-state index in [4.69, 9.17) is 14.7 Å². The molecular weight excluding hydrogens is 512 g/mol. The number of nitriles is 1. The number of fused-ring (bicyclic) bond motifs is 1. The van der Waals surface area contributed by atoms with Crippen molar-refractivity contribution in [3.05, 3.63) is 89.5 Å². The van der Waals surface area contributed by atoms with Gasteiger partial charge in [-0.1, -0.05) is 42.5 Å². The summed E-state index contributed by atoms with van der Waals surface area (Å²) in [4.78, 5) is 52.2. The third-order valence-corrected chi connectivity index (χ3v) is 6.22. The molecule has 0 aromatic heterocycles. The number of anilines is 2. The molecule has 0 fully saturated rings. The fourth-order valence-corrected chi connectivity index (χ4v) is 4.20. The number of amides is 3. The maximum atomic E-state index is 13.3. The zero-order valence-electron chi connectivity index (χ0n) is 21.9. The number of carbonyl (C=O) groups excluding carboxylic acids is 4. The quantitative estimate of drug-likeness (QED) is 0.298. The molecule has 1 atom stereocenters. The SMILES string of the molecule is CCOC(=O)CNC(=O)C(Cc1ccccc1)C(=O)Nc1ccc2c(c1)OCC(=O)N2Cc1ccc(C#N)cc1. The van der Waals surface area contributed by atoms with E-state index < -0.39 is 23.7 Å². The Hall–Kier alpha value is -5.17. The second-order valence-corrected chi connectivity index (χ2v) is 9.01. The highest BCUT2D eigenvalue weighted by Gasteiger charge is 2.29. The zero-order chi connectivity index (χ0) is 28.5. The van der Waals surface area contributed by atoms with Crippen LogP contribution in [0.5, 0.6) is 5.75 Å². The number of carbonyl (C=O) groups is 4. The summed E-state index contributed by atoms with van der Waals surface area (Å²) in [6.07, 6.45) is 0.121. The Labute approximate surface area is 231 Å². The Bertz CT molecular complexity index is 1430. The van der Waals surface area contributed by atoms with Crippen LogP contribution in [0, 0.1) is 17.2 Å². The number of hydrogen-bond donors (Lipinski definition) is 2. The monoisotopic (exact) mass is 540 g/mol. The predicted molar refractivity (Wildman–Crippen MR) is 146 cm³/mol. The predicted octanol–water partition coefficient (Wildman–Crippen LogP) is 2.96. The number of hydrogen-bond acceptors (Lipinski definition) is 7. The van der Waals surface area contributed by atoms with Gasteiger partial charge in [-0.2, -0.15) is 5.26 Å². The van der Waals surface area contributed by atoms with Gasteiger partial charge < -0.3 is 25.0 Å². The Morgan fingerprint density at radius 3 is 2.48 bits per heavy atom. The summed E-state index contributed by atoms with van der Waals surface area (Å²) in [6, 6.07) is 23.0. The van der Waals surface area contributed by atoms with Crippen molar-refractivity contribution < 1.29 is 28.7 Å². The summed E-state index contributed by atoms with van der Waals surface area (Å²) < 4.78 is 10.5. The number of benzene rings is 3. The topological polar surface area (TPSA) is 138 Å². The fraction of sp³-hybridized carbons (Fsp3) is 0.233. The van der Waals surface area contributed by atoms with Gasteiger partial charge in [-0.15, -0.1) is 0 Å². The highest BCUT2D eigenvalue weighted by Crippen LogP contribution is 2.35. The molecule has 1 unspecified atom stereocenters. The van der Waals surface area contributed by atoms with Crippen LogP contribution >= 0.6 is 0 Å². The lowest BCUT2D eigenvalue weighted by Gasteiger charge is -2.30. The number of ether oxygens (including phenoxy) is 2. The molecule has 40 heavy (non-hydrogen) atoms. The van der Waals surface area contributed by atoms with E-state index in [1.165, 1.54) is 0 Å². The molecule has 1 aliphatic rings. The van der Waals surface area contributed by atoms with Crippen molar-refractivity contribution in [3.8, 4) is 11.8 Å². The van der Waals surface area contributed by atoms with Gasteiger partial charge in [0.2, 0.25) is 11.8 Å². The van der Waals surface area contributed by atoms with Gasteiger partial charge in [-0.25, -0.2) is 0 Å². The second kappa shape index (κ2) is 13.1. The first-order valence-electron chi connectivity index (χ1n) is 12.7. The highest BCUT2D eigenvalue weighted by atomic mass is 16.5. The van der Waals surface area contributed by atoms with Crippen LogP contribution in [-0.2, 0) is 36.9 Å². The molecular formula is C30H28N4O6. The van der Waals surface area contributed by atoms with Crippen LogP contribution in [0.25, 0.3) is 0 Å². The molecule has 4 rings (SSSR count). The molecule has 204 valence electrons. The van der Waals surface area contributed by atoms with Crippen LogP contribution in [0.4, 0.5) is 11.4 Å². The average molecular weight is 541 g/mol. The summed E-state index contributed by atoms with van der Waals surface area (Å²) in [7, 11) is 0. The van der Waals surface area contributed by atoms with Crippen LogP contribution < -0.4 is 20.3 Å². The average Bonchev–Trinajstić information content (AvgIpc) is 2.97. The van der Waals surface area contributed by atoms with Crippen molar-refractivity contribution in [1.29, 1.82) is 5.26 Å². The van der Waals surface area contributed by atoms with Crippen molar-refractivity contribution >= 4 is 35.1 Å². The molecule has 10 nitrogen and oxygen atoms in total. The van der Waals surface area contributed by atoms with E-state index in [1.54, 1.807) is 54.3 Å². The number of nitrogens with zero attached hydrogens (tertiary/aromatic N) is 2. The molecule has 0 bridgehead atoms. The fourth-order valence-electron chi connectivity index (χ4n) is 4.20. The number of esters is 1. The molecule has 3 amide bonds. The summed E-state index contributed by atoms with van der Waals surface area (Å²) in [5.74, 6) is -2.72. The van der Waals surface area contributed by atoms with Crippen LogP contribution in [0.1, 0.15) is 23.6 Å². The van der Waals surface area contributed by atoms with Crippen LogP contribution in [0.15, 0.2) is 72.8 Å². The maximum absolute atomic E-state index is 13.3. The standard InChI is InChI=1S/C30H28N4O6/c1-2-39-28(36)17-32-29(37)24(14-20-6-4-3-5-7-20)30(38)33-23-12-13-25-26(15-23)40-19-27(35)34(25)18-22-10-8-21(16-31)9-11-22/h3-13,15,24H,2,14,17-19H2,1H3,(H,32,37)(H,33,38). The first-order chi connectivity index (χ1) is 19.4. The largest absolute Gasteiger partial charge is 0.481 e. The van der Waals surface area contributed by atoms with Crippen LogP contribution in [-0.4, -0.2) is 43.4 Å². The minimum atomic E-state index is -1.12. The van der Waals surface area contributed by atoms with E-state index >= 15 is 0 Å². The Morgan fingerprint density at radius 2 is 1.77 bits per heavy atom. The Kier molecular flexibility index (Phi) is 9.10. The van der Waals surface area contributed by atoms with Gasteiger partial charge in [0.15, 0.2) is 6.61 Å². The van der Waals surface area contributed by atoms with Gasteiger partial charge in [-0.3, -0.25) is 19.2 Å². The van der Waals surface area contributed by atoms with Crippen molar-refractivity contribution in [3.63, 3.8) is 0 Å². The molecule has 0 radical (unpaired) electrons. The molecule has 0 spiro atoms. The summed E-state index contributed by atoms with van der Waals surface area (Å²) >= 11 is 0. The maximum Gasteiger partial charge on any atom is 0.325 e. The molecule has 10 heteroatoms. The molecule has 1 aliphatic heterocycles. The van der Waals surface area contributed by atoms with Crippen molar-refractivity contribution in [2.75, 3.05) is 30.0 Å². The second-order valence-electron chi connectivity index (χ2n) is 9.01. The molecule has 3 aromatic rings. The van der Waals surface area contributed by atoms with Crippen LogP contribution in [0.2, 0.25) is 0 Å². The van der Waals surface area contributed by atoms with Crippen LogP contribution in [0.3, 0.4) is 0 Å². The molecule has 2 N–H and O–H groups in total. The third kappa shape index (κ3) is 7.02. The van der Waals surface area contributed by atoms with Gasteiger partial charge in [-0.05, 0) is 48.7 Å². The van der Waals surface area contributed by atoms with E-state index in [-0.39, 0.29) is 38.6 Å². The minimum Gasteiger partial charge on any atom is -0.481 e. The smallest absolute Gasteiger partial charge is 0.325 e. The lowest BCUT2D eigenvalue weighted by atomic mass is 9.97. The molecule has 0 aliphatic carbocycles. The minimum absolute atomic E-state index is 0.121. The first kappa shape index (κ1) is 27.9. The lowest BCUT2D eigenvalue weighted by molar-refractivity contribution is -0.144. The van der Waals surface area contributed by atoms with E-state index in [2.05, 4.69) is 16.7 Å². The summed E-state index contributed by atoms with van der Waals surface area (Å²) in [6.45, 7) is 1.61. The van der Waals surface area contributed by atoms with E-state index in [0.29, 0.717) is 22.7 Å². The summed E-state index contributed by atoms with van der Waals surface area (Å²) in [5, 5.41) is 14.3. The Balaban J connectivity index is 1.50. The third-order valence-electron chi connectivity index (χ3n) is 6.22. The summed E-state index contributed by atoms with van der Waals surface area (Å²) in [5.41, 5.74) is 3.06.